The van der Waals surface area contributed by atoms with Gasteiger partial charge in [0.1, 0.15) is 35.7 Å². The number of aromatic nitrogens is 2. The zero-order valence-corrected chi connectivity index (χ0v) is 22.7. The molecule has 5 atom stereocenters. The molecule has 42 heavy (non-hydrogen) atoms. The molecule has 2 aromatic carbocycles. The standard InChI is InChI=1S/C28H34N6O8/c1-15(35)24(29)27(40)33-21(10-16-2-6-19(36)7-3-16)25(38)32-22(12-18-13-30-14-31-18)26(39)34-23(28(41)42)11-17-4-8-20(37)9-5-17/h2-9,13-15,21-24,35-37H,10-12,29H2,1H3,(H,30,31)(H,32,38)(H,33,40)(H,34,39)(H,41,42). The fraction of sp³-hybridized carbons (Fsp3) is 0.321. The minimum atomic E-state index is -1.36. The van der Waals surface area contributed by atoms with Crippen molar-refractivity contribution in [2.45, 2.75) is 56.5 Å². The van der Waals surface area contributed by atoms with Gasteiger partial charge in [-0.3, -0.25) is 14.4 Å². The second kappa shape index (κ2) is 14.6. The van der Waals surface area contributed by atoms with Crippen LogP contribution in [0.3, 0.4) is 0 Å². The second-order valence-electron chi connectivity index (χ2n) is 9.81. The third-order valence-corrected chi connectivity index (χ3v) is 6.43. The van der Waals surface area contributed by atoms with Gasteiger partial charge in [-0.15, -0.1) is 0 Å². The van der Waals surface area contributed by atoms with E-state index in [1.807, 2.05) is 0 Å². The number of nitrogens with zero attached hydrogens (tertiary/aromatic N) is 1. The van der Waals surface area contributed by atoms with E-state index in [1.54, 1.807) is 12.1 Å². The Bertz CT molecular complexity index is 1350. The molecule has 1 heterocycles. The molecule has 1 aromatic heterocycles. The molecule has 3 amide bonds. The number of hydrogen-bond donors (Lipinski definition) is 9. The number of H-pyrrole nitrogens is 1. The van der Waals surface area contributed by atoms with E-state index in [9.17, 15) is 39.6 Å². The van der Waals surface area contributed by atoms with Crippen molar-refractivity contribution in [3.05, 3.63) is 77.9 Å². The van der Waals surface area contributed by atoms with Gasteiger partial charge in [0, 0.05) is 31.2 Å². The van der Waals surface area contributed by atoms with Gasteiger partial charge >= 0.3 is 5.97 Å². The van der Waals surface area contributed by atoms with Gasteiger partial charge in [-0.2, -0.15) is 0 Å². The summed E-state index contributed by atoms with van der Waals surface area (Å²) in [5.41, 5.74) is 7.32. The van der Waals surface area contributed by atoms with Crippen molar-refractivity contribution in [2.75, 3.05) is 0 Å². The summed E-state index contributed by atoms with van der Waals surface area (Å²) in [6.45, 7) is 1.32. The Labute approximate surface area is 241 Å². The predicted molar refractivity (Wildman–Crippen MR) is 149 cm³/mol. The van der Waals surface area contributed by atoms with Crippen molar-refractivity contribution >= 4 is 23.7 Å². The van der Waals surface area contributed by atoms with E-state index in [-0.39, 0.29) is 30.8 Å². The van der Waals surface area contributed by atoms with Crippen LogP contribution in [0, 0.1) is 0 Å². The average molecular weight is 583 g/mol. The number of amides is 3. The predicted octanol–water partition coefficient (Wildman–Crippen LogP) is -0.904. The van der Waals surface area contributed by atoms with E-state index in [0.29, 0.717) is 16.8 Å². The molecule has 0 radical (unpaired) electrons. The molecule has 0 fully saturated rings. The second-order valence-corrected chi connectivity index (χ2v) is 9.81. The number of phenols is 2. The number of benzene rings is 2. The van der Waals surface area contributed by atoms with Crippen molar-refractivity contribution < 1.29 is 39.6 Å². The lowest BCUT2D eigenvalue weighted by Crippen LogP contribution is -2.59. The molecule has 224 valence electrons. The van der Waals surface area contributed by atoms with E-state index in [2.05, 4.69) is 25.9 Å². The molecule has 3 aromatic rings. The molecule has 5 unspecified atom stereocenters. The van der Waals surface area contributed by atoms with Gasteiger partial charge < -0.3 is 47.1 Å². The van der Waals surface area contributed by atoms with Crippen molar-refractivity contribution in [3.8, 4) is 11.5 Å². The van der Waals surface area contributed by atoms with Crippen LogP contribution in [0.25, 0.3) is 0 Å². The number of rotatable bonds is 14. The molecular formula is C28H34N6O8. The zero-order valence-electron chi connectivity index (χ0n) is 22.7. The van der Waals surface area contributed by atoms with E-state index in [4.69, 9.17) is 5.73 Å². The van der Waals surface area contributed by atoms with Crippen molar-refractivity contribution in [2.24, 2.45) is 5.73 Å². The summed E-state index contributed by atoms with van der Waals surface area (Å²) >= 11 is 0. The molecule has 0 bridgehead atoms. The Kier molecular flexibility index (Phi) is 11.0. The number of imidazole rings is 1. The number of carbonyl (C=O) groups excluding carboxylic acids is 3. The Morgan fingerprint density at radius 3 is 1.69 bits per heavy atom. The molecule has 0 saturated carbocycles. The minimum Gasteiger partial charge on any atom is -0.508 e. The van der Waals surface area contributed by atoms with E-state index < -0.39 is 54.0 Å². The van der Waals surface area contributed by atoms with E-state index in [1.165, 1.54) is 55.8 Å². The number of hydrogen-bond acceptors (Lipinski definition) is 9. The zero-order chi connectivity index (χ0) is 30.8. The maximum Gasteiger partial charge on any atom is 0.326 e. The minimum absolute atomic E-state index is 0.000320. The SMILES string of the molecule is CC(O)C(N)C(=O)NC(Cc1ccc(O)cc1)C(=O)NC(Cc1cnc[nH]1)C(=O)NC(Cc1ccc(O)cc1)C(=O)O. The van der Waals surface area contributed by atoms with E-state index in [0.717, 1.165) is 0 Å². The Hall–Kier alpha value is -4.95. The summed E-state index contributed by atoms with van der Waals surface area (Å²) in [4.78, 5) is 58.2. The third-order valence-electron chi connectivity index (χ3n) is 6.43. The lowest BCUT2D eigenvalue weighted by atomic mass is 10.0. The van der Waals surface area contributed by atoms with Crippen LogP contribution in [0.1, 0.15) is 23.7 Å². The Morgan fingerprint density at radius 2 is 1.24 bits per heavy atom. The van der Waals surface area contributed by atoms with Crippen LogP contribution in [-0.2, 0) is 38.4 Å². The molecule has 0 aliphatic carbocycles. The molecule has 14 heteroatoms. The molecule has 3 rings (SSSR count). The molecular weight excluding hydrogens is 548 g/mol. The van der Waals surface area contributed by atoms with Gasteiger partial charge in [0.2, 0.25) is 17.7 Å². The Morgan fingerprint density at radius 1 is 0.786 bits per heavy atom. The van der Waals surface area contributed by atoms with Crippen molar-refractivity contribution in [1.82, 2.24) is 25.9 Å². The summed E-state index contributed by atoms with van der Waals surface area (Å²) in [6.07, 6.45) is 1.38. The summed E-state index contributed by atoms with van der Waals surface area (Å²) in [6, 6.07) is 6.50. The number of aromatic amines is 1. The van der Waals surface area contributed by atoms with Gasteiger partial charge in [-0.25, -0.2) is 9.78 Å². The number of aromatic hydroxyl groups is 2. The van der Waals surface area contributed by atoms with Crippen LogP contribution in [0.5, 0.6) is 11.5 Å². The summed E-state index contributed by atoms with van der Waals surface area (Å²) in [5, 5.41) is 46.1. The Balaban J connectivity index is 1.83. The fourth-order valence-corrected chi connectivity index (χ4v) is 4.00. The lowest BCUT2D eigenvalue weighted by Gasteiger charge is -2.25. The van der Waals surface area contributed by atoms with Gasteiger partial charge in [0.25, 0.3) is 0 Å². The van der Waals surface area contributed by atoms with Gasteiger partial charge in [-0.1, -0.05) is 24.3 Å². The highest BCUT2D eigenvalue weighted by Crippen LogP contribution is 2.14. The highest BCUT2D eigenvalue weighted by molar-refractivity contribution is 5.94. The summed E-state index contributed by atoms with van der Waals surface area (Å²) < 4.78 is 0. The number of carboxylic acid groups (broad SMARTS) is 1. The quantitative estimate of drug-likeness (QED) is 0.113. The van der Waals surface area contributed by atoms with Crippen LogP contribution < -0.4 is 21.7 Å². The van der Waals surface area contributed by atoms with Crippen LogP contribution in [0.2, 0.25) is 0 Å². The number of nitrogens with two attached hydrogens (primary N) is 1. The largest absolute Gasteiger partial charge is 0.508 e. The van der Waals surface area contributed by atoms with Crippen LogP contribution in [0.15, 0.2) is 61.1 Å². The number of aliphatic carboxylic acids is 1. The smallest absolute Gasteiger partial charge is 0.326 e. The highest BCUT2D eigenvalue weighted by atomic mass is 16.4. The summed E-state index contributed by atoms with van der Waals surface area (Å²) in [5.74, 6) is -3.71. The number of nitrogens with one attached hydrogen (secondary N) is 4. The number of aliphatic hydroxyl groups is 1. The van der Waals surface area contributed by atoms with Crippen LogP contribution >= 0.6 is 0 Å². The van der Waals surface area contributed by atoms with Crippen LogP contribution in [-0.4, -0.2) is 84.4 Å². The van der Waals surface area contributed by atoms with Crippen molar-refractivity contribution in [1.29, 1.82) is 0 Å². The number of carbonyl (C=O) groups is 4. The first-order chi connectivity index (χ1) is 19.9. The van der Waals surface area contributed by atoms with Gasteiger partial charge in [0.05, 0.1) is 12.4 Å². The molecule has 0 saturated heterocycles. The molecule has 0 spiro atoms. The number of carboxylic acids is 1. The monoisotopic (exact) mass is 582 g/mol. The summed E-state index contributed by atoms with van der Waals surface area (Å²) in [7, 11) is 0. The van der Waals surface area contributed by atoms with Crippen LogP contribution in [0.4, 0.5) is 0 Å². The molecule has 0 aliphatic rings. The maximum absolute atomic E-state index is 13.5. The topological polar surface area (TPSA) is 240 Å². The normalized spacial score (nSPS) is 14.5. The maximum atomic E-state index is 13.5. The molecule has 10 N–H and O–H groups in total. The highest BCUT2D eigenvalue weighted by Gasteiger charge is 2.31. The third kappa shape index (κ3) is 9.31. The lowest BCUT2D eigenvalue weighted by molar-refractivity contribution is -0.142. The first kappa shape index (κ1) is 31.6. The van der Waals surface area contributed by atoms with Gasteiger partial charge in [-0.05, 0) is 42.3 Å². The average Bonchev–Trinajstić information content (AvgIpc) is 3.46. The molecule has 0 aliphatic heterocycles. The number of aliphatic hydroxyl groups excluding tert-OH is 1. The van der Waals surface area contributed by atoms with Crippen molar-refractivity contribution in [3.63, 3.8) is 0 Å². The van der Waals surface area contributed by atoms with Gasteiger partial charge in [0.15, 0.2) is 0 Å². The number of phenolic OH excluding ortho intramolecular Hbond substituents is 2. The fourth-order valence-electron chi connectivity index (χ4n) is 4.00. The first-order valence-corrected chi connectivity index (χ1v) is 13.0. The van der Waals surface area contributed by atoms with E-state index >= 15 is 0 Å². The molecule has 14 nitrogen and oxygen atoms in total. The first-order valence-electron chi connectivity index (χ1n) is 13.0.